The number of urea groups is 1. The molecule has 2 aliphatic rings. The van der Waals surface area contributed by atoms with Crippen molar-refractivity contribution in [1.82, 2.24) is 10.2 Å². The van der Waals surface area contributed by atoms with Gasteiger partial charge >= 0.3 is 6.03 Å². The summed E-state index contributed by atoms with van der Waals surface area (Å²) in [7, 11) is 3.03. The highest BCUT2D eigenvalue weighted by atomic mass is 16.5. The molecule has 4 amide bonds. The van der Waals surface area contributed by atoms with Gasteiger partial charge in [0, 0.05) is 11.8 Å². The fourth-order valence-corrected chi connectivity index (χ4v) is 4.60. The van der Waals surface area contributed by atoms with Crippen LogP contribution >= 0.6 is 0 Å². The maximum Gasteiger partial charge on any atom is 0.325 e. The number of hydrogen-bond donors (Lipinski definition) is 2. The molecule has 0 unspecified atom stereocenters. The van der Waals surface area contributed by atoms with Crippen molar-refractivity contribution in [2.24, 2.45) is 11.3 Å². The molecule has 2 fully saturated rings. The maximum absolute atomic E-state index is 13.1. The predicted octanol–water partition coefficient (Wildman–Crippen LogP) is 3.56. The van der Waals surface area contributed by atoms with Crippen molar-refractivity contribution >= 4 is 23.5 Å². The molecule has 0 atom stereocenters. The van der Waals surface area contributed by atoms with E-state index in [2.05, 4.69) is 31.4 Å². The van der Waals surface area contributed by atoms with Gasteiger partial charge in [0.05, 0.1) is 14.2 Å². The summed E-state index contributed by atoms with van der Waals surface area (Å²) in [6, 6.07) is 4.47. The Hall–Kier alpha value is -2.77. The molecule has 1 aromatic rings. The first kappa shape index (κ1) is 22.9. The molecule has 8 heteroatoms. The Morgan fingerprint density at radius 3 is 2.42 bits per heavy atom. The second-order valence-electron chi connectivity index (χ2n) is 9.14. The minimum absolute atomic E-state index is 0.215. The Morgan fingerprint density at radius 2 is 1.84 bits per heavy atom. The zero-order valence-electron chi connectivity index (χ0n) is 19.0. The normalized spacial score (nSPS) is 23.6. The van der Waals surface area contributed by atoms with Crippen LogP contribution in [0.4, 0.5) is 10.5 Å². The summed E-state index contributed by atoms with van der Waals surface area (Å²) in [6.45, 7) is 6.38. The smallest absolute Gasteiger partial charge is 0.325 e. The van der Waals surface area contributed by atoms with Crippen molar-refractivity contribution in [2.45, 2.75) is 58.4 Å². The maximum atomic E-state index is 13.1. The topological polar surface area (TPSA) is 97.0 Å². The minimum atomic E-state index is -0.874. The molecule has 1 saturated carbocycles. The number of nitrogens with one attached hydrogen (secondary N) is 2. The molecular formula is C23H33N3O5. The Morgan fingerprint density at radius 1 is 1.19 bits per heavy atom. The number of anilines is 1. The van der Waals surface area contributed by atoms with Crippen molar-refractivity contribution in [2.75, 3.05) is 26.1 Å². The molecule has 1 spiro atoms. The van der Waals surface area contributed by atoms with Crippen molar-refractivity contribution in [3.63, 3.8) is 0 Å². The summed E-state index contributed by atoms with van der Waals surface area (Å²) >= 11 is 0. The molecule has 3 rings (SSSR count). The molecule has 0 aromatic heterocycles. The number of nitrogens with zero attached hydrogens (tertiary/aromatic N) is 1. The Kier molecular flexibility index (Phi) is 6.48. The summed E-state index contributed by atoms with van der Waals surface area (Å²) < 4.78 is 10.4. The molecule has 1 aliphatic carbocycles. The van der Waals surface area contributed by atoms with Gasteiger partial charge in [0.15, 0.2) is 11.5 Å². The van der Waals surface area contributed by atoms with Gasteiger partial charge in [-0.15, -0.1) is 0 Å². The molecule has 1 aromatic carbocycles. The summed E-state index contributed by atoms with van der Waals surface area (Å²) in [5.41, 5.74) is -0.167. The summed E-state index contributed by atoms with van der Waals surface area (Å²) in [5, 5.41) is 5.60. The minimum Gasteiger partial charge on any atom is -0.493 e. The number of carbonyl (C=O) groups is 3. The summed E-state index contributed by atoms with van der Waals surface area (Å²) in [6.07, 6.45) is 4.07. The lowest BCUT2D eigenvalue weighted by Gasteiger charge is -2.42. The molecule has 1 saturated heterocycles. The van der Waals surface area contributed by atoms with Gasteiger partial charge in [0.2, 0.25) is 5.91 Å². The predicted molar refractivity (Wildman–Crippen MR) is 117 cm³/mol. The van der Waals surface area contributed by atoms with Crippen LogP contribution in [0.3, 0.4) is 0 Å². The highest BCUT2D eigenvalue weighted by Crippen LogP contribution is 2.45. The van der Waals surface area contributed by atoms with Crippen LogP contribution in [-0.2, 0) is 9.59 Å². The Bertz CT molecular complexity index is 859. The van der Waals surface area contributed by atoms with Gasteiger partial charge < -0.3 is 20.1 Å². The largest absolute Gasteiger partial charge is 0.493 e. The van der Waals surface area contributed by atoms with Crippen LogP contribution in [0.1, 0.15) is 52.9 Å². The lowest BCUT2D eigenvalue weighted by Crippen LogP contribution is -2.51. The molecule has 0 bridgehead atoms. The van der Waals surface area contributed by atoms with Gasteiger partial charge in [-0.2, -0.15) is 0 Å². The van der Waals surface area contributed by atoms with Gasteiger partial charge in [-0.3, -0.25) is 14.5 Å². The van der Waals surface area contributed by atoms with Crippen LogP contribution in [0, 0.1) is 11.3 Å². The number of imide groups is 1. The van der Waals surface area contributed by atoms with E-state index in [1.807, 2.05) is 0 Å². The van der Waals surface area contributed by atoms with E-state index in [0.717, 1.165) is 24.2 Å². The van der Waals surface area contributed by atoms with Gasteiger partial charge in [0.25, 0.3) is 5.91 Å². The standard InChI is InChI=1S/C23H33N3O5/c1-6-22(2,3)15-9-11-23(12-10-15)20(28)26(21(29)25-23)14-19(27)24-16-7-8-17(30-4)18(13-16)31-5/h7-8,13,15H,6,9-12,14H2,1-5H3,(H,24,27)(H,25,29). The lowest BCUT2D eigenvalue weighted by atomic mass is 9.65. The third-order valence-corrected chi connectivity index (χ3v) is 7.07. The first-order chi connectivity index (χ1) is 14.7. The van der Waals surface area contributed by atoms with Crippen molar-refractivity contribution in [3.05, 3.63) is 18.2 Å². The van der Waals surface area contributed by atoms with Crippen LogP contribution in [-0.4, -0.2) is 49.0 Å². The zero-order valence-corrected chi connectivity index (χ0v) is 19.0. The van der Waals surface area contributed by atoms with E-state index in [9.17, 15) is 14.4 Å². The van der Waals surface area contributed by atoms with Crippen molar-refractivity contribution < 1.29 is 23.9 Å². The Labute approximate surface area is 183 Å². The highest BCUT2D eigenvalue weighted by molar-refractivity contribution is 6.10. The van der Waals surface area contributed by atoms with E-state index >= 15 is 0 Å². The van der Waals surface area contributed by atoms with Crippen LogP contribution in [0.25, 0.3) is 0 Å². The van der Waals surface area contributed by atoms with Crippen molar-refractivity contribution in [1.29, 1.82) is 0 Å². The third-order valence-electron chi connectivity index (χ3n) is 7.07. The average Bonchev–Trinajstić information content (AvgIpc) is 2.97. The molecule has 8 nitrogen and oxygen atoms in total. The van der Waals surface area contributed by atoms with Crippen LogP contribution < -0.4 is 20.1 Å². The lowest BCUT2D eigenvalue weighted by molar-refractivity contribution is -0.135. The van der Waals surface area contributed by atoms with Gasteiger partial charge in [0.1, 0.15) is 12.1 Å². The number of benzene rings is 1. The molecule has 1 aliphatic heterocycles. The number of carbonyl (C=O) groups excluding carboxylic acids is 3. The number of hydrogen-bond acceptors (Lipinski definition) is 5. The fourth-order valence-electron chi connectivity index (χ4n) is 4.60. The van der Waals surface area contributed by atoms with Crippen LogP contribution in [0.2, 0.25) is 0 Å². The van der Waals surface area contributed by atoms with Crippen LogP contribution in [0.5, 0.6) is 11.5 Å². The number of amides is 4. The Balaban J connectivity index is 1.63. The average molecular weight is 432 g/mol. The van der Waals surface area contributed by atoms with E-state index in [1.165, 1.54) is 14.2 Å². The fraction of sp³-hybridized carbons (Fsp3) is 0.609. The monoisotopic (exact) mass is 431 g/mol. The third kappa shape index (κ3) is 4.48. The molecule has 31 heavy (non-hydrogen) atoms. The molecule has 2 N–H and O–H groups in total. The van der Waals surface area contributed by atoms with E-state index in [0.29, 0.717) is 35.9 Å². The van der Waals surface area contributed by atoms with Gasteiger partial charge in [-0.25, -0.2) is 4.79 Å². The number of methoxy groups -OCH3 is 2. The van der Waals surface area contributed by atoms with E-state index < -0.39 is 17.5 Å². The summed E-state index contributed by atoms with van der Waals surface area (Å²) in [5.74, 6) is 0.788. The second-order valence-corrected chi connectivity index (χ2v) is 9.14. The first-order valence-corrected chi connectivity index (χ1v) is 10.8. The highest BCUT2D eigenvalue weighted by Gasteiger charge is 2.53. The zero-order chi connectivity index (χ0) is 22.8. The molecule has 0 radical (unpaired) electrons. The van der Waals surface area contributed by atoms with E-state index in [4.69, 9.17) is 9.47 Å². The second kappa shape index (κ2) is 8.77. The van der Waals surface area contributed by atoms with Crippen LogP contribution in [0.15, 0.2) is 18.2 Å². The van der Waals surface area contributed by atoms with Crippen molar-refractivity contribution in [3.8, 4) is 11.5 Å². The SMILES string of the molecule is CCC(C)(C)C1CCC2(CC1)NC(=O)N(CC(=O)Nc1ccc(OC)c(OC)c1)C2=O. The van der Waals surface area contributed by atoms with Gasteiger partial charge in [-0.1, -0.05) is 27.2 Å². The quantitative estimate of drug-likeness (QED) is 0.644. The number of rotatable bonds is 7. The van der Waals surface area contributed by atoms with E-state index in [1.54, 1.807) is 18.2 Å². The van der Waals surface area contributed by atoms with Gasteiger partial charge in [-0.05, 0) is 49.1 Å². The first-order valence-electron chi connectivity index (χ1n) is 10.8. The van der Waals surface area contributed by atoms with E-state index in [-0.39, 0.29) is 17.9 Å². The molecule has 170 valence electrons. The summed E-state index contributed by atoms with van der Waals surface area (Å²) in [4.78, 5) is 39.2. The molecular weight excluding hydrogens is 398 g/mol. The number of ether oxygens (including phenoxy) is 2. The molecule has 1 heterocycles.